The van der Waals surface area contributed by atoms with Gasteiger partial charge in [-0.1, -0.05) is 31.5 Å². The van der Waals surface area contributed by atoms with Crippen molar-refractivity contribution in [1.29, 1.82) is 0 Å². The third-order valence-electron chi connectivity index (χ3n) is 8.16. The van der Waals surface area contributed by atoms with E-state index in [0.29, 0.717) is 42.3 Å². The van der Waals surface area contributed by atoms with Gasteiger partial charge in [-0.15, -0.1) is 0 Å². The third-order valence-corrected chi connectivity index (χ3v) is 8.45. The molecule has 2 N–H and O–H groups in total. The number of halogens is 2. The Balaban J connectivity index is 1.61. The van der Waals surface area contributed by atoms with Crippen LogP contribution in [0.2, 0.25) is 5.02 Å². The van der Waals surface area contributed by atoms with Crippen molar-refractivity contribution in [3.8, 4) is 16.9 Å². The number of nitrogens with two attached hydrogens (primary N) is 1. The molecule has 3 aromatic heterocycles. The molecule has 43 heavy (non-hydrogen) atoms. The average Bonchev–Trinajstić information content (AvgIpc) is 3.80. The molecule has 0 radical (unpaired) electrons. The highest BCUT2D eigenvalue weighted by atomic mass is 35.5. The number of amides is 1. The van der Waals surface area contributed by atoms with Gasteiger partial charge in [0.25, 0.3) is 5.91 Å². The zero-order valence-corrected chi connectivity index (χ0v) is 25.4. The van der Waals surface area contributed by atoms with Crippen molar-refractivity contribution in [1.82, 2.24) is 24.4 Å². The lowest BCUT2D eigenvalue weighted by atomic mass is 10.0. The zero-order chi connectivity index (χ0) is 30.7. The number of carbonyl (C=O) groups excluding carboxylic acids is 1. The number of anilines is 2. The monoisotopic (exact) mass is 605 g/mol. The van der Waals surface area contributed by atoms with E-state index in [1.165, 1.54) is 16.7 Å². The third kappa shape index (κ3) is 5.00. The van der Waals surface area contributed by atoms with Gasteiger partial charge in [-0.25, -0.2) is 18.7 Å². The average molecular weight is 606 g/mol. The summed E-state index contributed by atoms with van der Waals surface area (Å²) in [4.78, 5) is 44.8. The van der Waals surface area contributed by atoms with Gasteiger partial charge < -0.3 is 20.3 Å². The van der Waals surface area contributed by atoms with Gasteiger partial charge in [0.15, 0.2) is 11.8 Å². The van der Waals surface area contributed by atoms with Crippen LogP contribution in [0.1, 0.15) is 44.9 Å². The maximum atomic E-state index is 15.2. The molecule has 0 spiro atoms. The number of carbonyl (C=O) groups is 1. The quantitative estimate of drug-likeness (QED) is 0.261. The summed E-state index contributed by atoms with van der Waals surface area (Å²) in [5.41, 5.74) is 8.28. The molecule has 224 valence electrons. The number of aryl methyl sites for hydroxylation is 1. The first-order valence-corrected chi connectivity index (χ1v) is 14.7. The van der Waals surface area contributed by atoms with E-state index in [4.69, 9.17) is 27.1 Å². The molecule has 3 atom stereocenters. The summed E-state index contributed by atoms with van der Waals surface area (Å²) in [6, 6.07) is 7.51. The van der Waals surface area contributed by atoms with Crippen LogP contribution in [0.4, 0.5) is 15.9 Å². The van der Waals surface area contributed by atoms with Crippen LogP contribution in [0, 0.1) is 12.7 Å². The van der Waals surface area contributed by atoms with Gasteiger partial charge in [0.2, 0.25) is 0 Å². The molecule has 0 bridgehead atoms. The Kier molecular flexibility index (Phi) is 7.34. The highest BCUT2D eigenvalue weighted by molar-refractivity contribution is 6.34. The number of epoxide rings is 1. The predicted octanol–water partition coefficient (Wildman–Crippen LogP) is 4.47. The highest BCUT2D eigenvalue weighted by Crippen LogP contribution is 2.38. The van der Waals surface area contributed by atoms with E-state index in [-0.39, 0.29) is 57.6 Å². The molecule has 0 saturated carbocycles. The number of nitrogen functional groups attached to an aromatic ring is 1. The van der Waals surface area contributed by atoms with Crippen LogP contribution in [-0.4, -0.2) is 68.2 Å². The molecule has 2 aliphatic rings. The highest BCUT2D eigenvalue weighted by Gasteiger charge is 2.41. The van der Waals surface area contributed by atoms with Gasteiger partial charge in [0.05, 0.1) is 39.7 Å². The number of nitrogens with zero attached hydrogens (tertiary/aromatic N) is 6. The second-order valence-electron chi connectivity index (χ2n) is 11.6. The maximum Gasteiger partial charge on any atom is 0.355 e. The van der Waals surface area contributed by atoms with E-state index in [9.17, 15) is 9.59 Å². The van der Waals surface area contributed by atoms with Crippen molar-refractivity contribution in [2.75, 3.05) is 30.3 Å². The van der Waals surface area contributed by atoms with Gasteiger partial charge in [-0.05, 0) is 56.5 Å². The summed E-state index contributed by atoms with van der Waals surface area (Å²) in [5.74, 6) is -0.245. The Labute approximate surface area is 253 Å². The Hall–Kier alpha value is -4.09. The minimum Gasteiger partial charge on any atom is -0.398 e. The summed E-state index contributed by atoms with van der Waals surface area (Å²) in [5, 5.41) is 0.663. The number of fused-ring (bicyclic) bond motifs is 1. The molecular weight excluding hydrogens is 573 g/mol. The van der Waals surface area contributed by atoms with E-state index in [0.717, 1.165) is 5.56 Å². The Bertz CT molecular complexity index is 1800. The summed E-state index contributed by atoms with van der Waals surface area (Å²) >= 11 is 6.82. The topological polar surface area (TPSA) is 123 Å². The number of hydrogen-bond donors (Lipinski definition) is 1. The lowest BCUT2D eigenvalue weighted by Crippen LogP contribution is -2.59. The Morgan fingerprint density at radius 3 is 2.58 bits per heavy atom. The standard InChI is InChI=1S/C31H33ClFN7O3/c1-15(2)25-27(16(3)9-10-35-25)40-29-19(11-20(32)26(36-29)24-21(33)7-6-8-22(24)34)28(37-31(40)42)38-12-18(5)39(13-17(38)4)30(41)23-14-43-23/h6-11,15,17-18,23H,12-14,34H2,1-5H3/t17-,18+,23+/m0/s1. The zero-order valence-electron chi connectivity index (χ0n) is 24.6. The summed E-state index contributed by atoms with van der Waals surface area (Å²) < 4.78 is 21.8. The Morgan fingerprint density at radius 1 is 1.16 bits per heavy atom. The maximum absolute atomic E-state index is 15.2. The largest absolute Gasteiger partial charge is 0.398 e. The molecule has 4 aromatic rings. The fourth-order valence-electron chi connectivity index (χ4n) is 5.88. The number of aromatic nitrogens is 4. The fraction of sp³-hybridized carbons (Fsp3) is 0.387. The van der Waals surface area contributed by atoms with Crippen LogP contribution in [0.15, 0.2) is 41.3 Å². The Morgan fingerprint density at radius 2 is 1.91 bits per heavy atom. The molecule has 6 rings (SSSR count). The van der Waals surface area contributed by atoms with E-state index >= 15 is 4.39 Å². The number of hydrogen-bond acceptors (Lipinski definition) is 8. The molecule has 12 heteroatoms. The van der Waals surface area contributed by atoms with Crippen molar-refractivity contribution in [3.05, 3.63) is 69.1 Å². The molecule has 0 aliphatic carbocycles. The predicted molar refractivity (Wildman–Crippen MR) is 164 cm³/mol. The van der Waals surface area contributed by atoms with E-state index < -0.39 is 11.5 Å². The second kappa shape index (κ2) is 10.9. The van der Waals surface area contributed by atoms with Crippen LogP contribution in [0.3, 0.4) is 0 Å². The lowest BCUT2D eigenvalue weighted by Gasteiger charge is -2.44. The number of benzene rings is 1. The first-order valence-electron chi connectivity index (χ1n) is 14.3. The molecule has 10 nitrogen and oxygen atoms in total. The van der Waals surface area contributed by atoms with Gasteiger partial charge in [-0.2, -0.15) is 4.98 Å². The molecule has 2 saturated heterocycles. The lowest BCUT2D eigenvalue weighted by molar-refractivity contribution is -0.135. The molecule has 2 aliphatic heterocycles. The summed E-state index contributed by atoms with van der Waals surface area (Å²) in [6.45, 7) is 11.1. The van der Waals surface area contributed by atoms with E-state index in [2.05, 4.69) is 9.97 Å². The second-order valence-corrected chi connectivity index (χ2v) is 12.0. The SMILES string of the molecule is Cc1ccnc(C(C)C)c1-n1c(=O)nc(N2C[C@@H](C)N(C(=O)[C@H]3CO3)C[C@@H]2C)c2cc(Cl)c(-c3c(N)cccc3F)nc21. The molecule has 0 unspecified atom stereocenters. The fourth-order valence-corrected chi connectivity index (χ4v) is 6.13. The number of pyridine rings is 2. The van der Waals surface area contributed by atoms with Crippen LogP contribution >= 0.6 is 11.6 Å². The van der Waals surface area contributed by atoms with Gasteiger partial charge >= 0.3 is 5.69 Å². The van der Waals surface area contributed by atoms with Crippen LogP contribution in [0.5, 0.6) is 0 Å². The van der Waals surface area contributed by atoms with Crippen molar-refractivity contribution >= 4 is 40.0 Å². The molecule has 5 heterocycles. The van der Waals surface area contributed by atoms with Gasteiger partial charge in [-0.3, -0.25) is 9.78 Å². The van der Waals surface area contributed by atoms with Gasteiger partial charge in [0, 0.05) is 37.1 Å². The molecule has 2 fully saturated rings. The molecular formula is C31H33ClFN7O3. The number of piperazine rings is 1. The van der Waals surface area contributed by atoms with E-state index in [1.54, 1.807) is 18.3 Å². The minimum atomic E-state index is -0.583. The van der Waals surface area contributed by atoms with Gasteiger partial charge in [0.1, 0.15) is 11.6 Å². The number of rotatable bonds is 5. The number of ether oxygens (including phenoxy) is 1. The smallest absolute Gasteiger partial charge is 0.355 e. The molecule has 1 amide bonds. The van der Waals surface area contributed by atoms with Crippen LogP contribution in [0.25, 0.3) is 28.0 Å². The van der Waals surface area contributed by atoms with Crippen molar-refractivity contribution < 1.29 is 13.9 Å². The minimum absolute atomic E-state index is 0.0209. The first-order chi connectivity index (χ1) is 20.5. The summed E-state index contributed by atoms with van der Waals surface area (Å²) in [7, 11) is 0. The van der Waals surface area contributed by atoms with Crippen LogP contribution in [-0.2, 0) is 9.53 Å². The van der Waals surface area contributed by atoms with Crippen molar-refractivity contribution in [2.45, 2.75) is 58.7 Å². The summed E-state index contributed by atoms with van der Waals surface area (Å²) in [6.07, 6.45) is 1.32. The van der Waals surface area contributed by atoms with E-state index in [1.807, 2.05) is 50.5 Å². The van der Waals surface area contributed by atoms with Crippen LogP contribution < -0.4 is 16.3 Å². The van der Waals surface area contributed by atoms with Crippen molar-refractivity contribution in [3.63, 3.8) is 0 Å². The molecule has 1 aromatic carbocycles. The van der Waals surface area contributed by atoms with Crippen molar-refractivity contribution in [2.24, 2.45) is 0 Å². The normalized spacial score (nSPS) is 20.2. The first kappa shape index (κ1) is 29.0.